The highest BCUT2D eigenvalue weighted by molar-refractivity contribution is 5.80. The molecule has 0 aromatic carbocycles. The van der Waals surface area contributed by atoms with Gasteiger partial charge < -0.3 is 19.7 Å². The number of rotatable bonds is 4. The largest absolute Gasteiger partial charge is 0.493 e. The number of aromatic amines is 1. The summed E-state index contributed by atoms with van der Waals surface area (Å²) in [5, 5.41) is 9.61. The van der Waals surface area contributed by atoms with Crippen LogP contribution in [0.2, 0.25) is 0 Å². The van der Waals surface area contributed by atoms with Crippen molar-refractivity contribution in [2.75, 3.05) is 13.6 Å². The fraction of sp³-hybridized carbons (Fsp3) is 0.688. The molecule has 1 amide bonds. The second-order valence-corrected chi connectivity index (χ2v) is 7.02. The third-order valence-electron chi connectivity index (χ3n) is 5.56. The summed E-state index contributed by atoms with van der Waals surface area (Å²) in [6.45, 7) is 1.97. The molecule has 124 valence electrons. The lowest BCUT2D eigenvalue weighted by molar-refractivity contribution is -0.136. The smallest absolute Gasteiger partial charge is 0.257 e. The molecule has 3 fully saturated rings. The number of hydrogen-bond acceptors (Lipinski definition) is 5. The van der Waals surface area contributed by atoms with Gasteiger partial charge >= 0.3 is 0 Å². The normalized spacial score (nSPS) is 33.6. The van der Waals surface area contributed by atoms with Crippen molar-refractivity contribution in [3.63, 3.8) is 0 Å². The number of ether oxygens (including phenoxy) is 1. The molecular weight excluding hydrogens is 298 g/mol. The Bertz CT molecular complexity index is 716. The Morgan fingerprint density at radius 3 is 2.87 bits per heavy atom. The van der Waals surface area contributed by atoms with Crippen molar-refractivity contribution in [3.8, 4) is 5.88 Å². The second kappa shape index (κ2) is 5.06. The first kappa shape index (κ1) is 14.7. The number of likely N-dealkylation sites (N-methyl/N-ethyl adjacent to an activating group) is 1. The van der Waals surface area contributed by atoms with Gasteiger partial charge in [0.2, 0.25) is 11.8 Å². The molecule has 0 unspecified atom stereocenters. The average Bonchev–Trinajstić information content (AvgIpc) is 3.13. The van der Waals surface area contributed by atoms with E-state index in [0.717, 1.165) is 6.42 Å². The zero-order valence-corrected chi connectivity index (χ0v) is 13.3. The third-order valence-corrected chi connectivity index (χ3v) is 5.56. The zero-order valence-electron chi connectivity index (χ0n) is 13.3. The number of carbonyl (C=O) groups excluding carboxylic acids is 1. The van der Waals surface area contributed by atoms with Crippen LogP contribution in [0.1, 0.15) is 24.2 Å². The van der Waals surface area contributed by atoms with Crippen LogP contribution in [0.5, 0.6) is 5.88 Å². The third kappa shape index (κ3) is 2.34. The van der Waals surface area contributed by atoms with E-state index < -0.39 is 0 Å². The monoisotopic (exact) mass is 319 g/mol. The number of H-pyrrole nitrogens is 1. The molecule has 5 atom stereocenters. The summed E-state index contributed by atoms with van der Waals surface area (Å²) < 4.78 is 5.89. The number of nitrogens with one attached hydrogen (secondary N) is 1. The topological polar surface area (TPSA) is 95.5 Å². The number of fused-ring (bicyclic) bond motifs is 5. The highest BCUT2D eigenvalue weighted by Crippen LogP contribution is 2.60. The first-order valence-electron chi connectivity index (χ1n) is 8.15. The molecular formula is C16H21N3O4. The van der Waals surface area contributed by atoms with Gasteiger partial charge in [-0.05, 0) is 31.6 Å². The molecule has 2 saturated heterocycles. The first-order chi connectivity index (χ1) is 11.0. The molecule has 1 aromatic heterocycles. The Labute approximate surface area is 133 Å². The highest BCUT2D eigenvalue weighted by Gasteiger charge is 2.64. The number of aromatic hydroxyl groups is 1. The predicted octanol–water partition coefficient (Wildman–Crippen LogP) is 0.208. The van der Waals surface area contributed by atoms with Gasteiger partial charge in [0, 0.05) is 20.0 Å². The summed E-state index contributed by atoms with van der Waals surface area (Å²) >= 11 is 0. The van der Waals surface area contributed by atoms with Crippen LogP contribution in [0.25, 0.3) is 0 Å². The maximum absolute atomic E-state index is 12.6. The zero-order chi connectivity index (χ0) is 16.3. The summed E-state index contributed by atoms with van der Waals surface area (Å²) in [5.41, 5.74) is -0.140. The Hall–Kier alpha value is -1.89. The molecule has 1 aromatic rings. The van der Waals surface area contributed by atoms with E-state index in [1.165, 1.54) is 13.3 Å². The Balaban J connectivity index is 1.37. The summed E-state index contributed by atoms with van der Waals surface area (Å²) in [6.07, 6.45) is 2.87. The lowest BCUT2D eigenvalue weighted by Gasteiger charge is -2.24. The van der Waals surface area contributed by atoms with Crippen molar-refractivity contribution in [1.82, 2.24) is 14.9 Å². The van der Waals surface area contributed by atoms with Crippen LogP contribution >= 0.6 is 0 Å². The number of nitrogens with zero attached hydrogens (tertiary/aromatic N) is 2. The molecule has 0 radical (unpaired) electrons. The van der Waals surface area contributed by atoms with Gasteiger partial charge in [-0.15, -0.1) is 0 Å². The van der Waals surface area contributed by atoms with E-state index in [2.05, 4.69) is 9.97 Å². The minimum absolute atomic E-state index is 0.0211. The molecule has 0 spiro atoms. The number of amides is 1. The van der Waals surface area contributed by atoms with E-state index in [4.69, 9.17) is 4.74 Å². The van der Waals surface area contributed by atoms with Crippen LogP contribution in [-0.2, 0) is 16.0 Å². The van der Waals surface area contributed by atoms with Crippen LogP contribution in [-0.4, -0.2) is 51.7 Å². The minimum Gasteiger partial charge on any atom is -0.493 e. The van der Waals surface area contributed by atoms with Crippen molar-refractivity contribution in [2.45, 2.75) is 38.4 Å². The molecule has 3 heterocycles. The van der Waals surface area contributed by atoms with Gasteiger partial charge in [0.25, 0.3) is 5.56 Å². The van der Waals surface area contributed by atoms with E-state index >= 15 is 0 Å². The van der Waals surface area contributed by atoms with E-state index in [0.29, 0.717) is 36.7 Å². The van der Waals surface area contributed by atoms with E-state index in [1.807, 2.05) is 0 Å². The molecule has 1 saturated carbocycles. The summed E-state index contributed by atoms with van der Waals surface area (Å²) in [4.78, 5) is 32.5. The Kier molecular flexibility index (Phi) is 3.23. The van der Waals surface area contributed by atoms with Crippen LogP contribution in [0.15, 0.2) is 4.79 Å². The predicted molar refractivity (Wildman–Crippen MR) is 81.0 cm³/mol. The molecule has 7 heteroatoms. The van der Waals surface area contributed by atoms with Crippen LogP contribution in [0.4, 0.5) is 0 Å². The maximum atomic E-state index is 12.6. The van der Waals surface area contributed by atoms with Gasteiger partial charge in [0.15, 0.2) is 0 Å². The Morgan fingerprint density at radius 1 is 1.43 bits per heavy atom. The van der Waals surface area contributed by atoms with Gasteiger partial charge in [-0.3, -0.25) is 9.59 Å². The van der Waals surface area contributed by atoms with E-state index in [9.17, 15) is 14.7 Å². The Morgan fingerprint density at radius 2 is 2.22 bits per heavy atom. The number of hydrogen-bond donors (Lipinski definition) is 2. The van der Waals surface area contributed by atoms with E-state index in [-0.39, 0.29) is 34.9 Å². The lowest BCUT2D eigenvalue weighted by Crippen LogP contribution is -2.39. The van der Waals surface area contributed by atoms with Gasteiger partial charge in [-0.2, -0.15) is 0 Å². The molecule has 7 nitrogen and oxygen atoms in total. The molecule has 1 aliphatic carbocycles. The van der Waals surface area contributed by atoms with E-state index in [1.54, 1.807) is 11.9 Å². The molecule has 23 heavy (non-hydrogen) atoms. The quantitative estimate of drug-likeness (QED) is 0.827. The fourth-order valence-electron chi connectivity index (χ4n) is 4.05. The number of aromatic nitrogens is 2. The van der Waals surface area contributed by atoms with Crippen LogP contribution < -0.4 is 5.56 Å². The lowest BCUT2D eigenvalue weighted by atomic mass is 9.88. The molecule has 4 rings (SSSR count). The van der Waals surface area contributed by atoms with Crippen molar-refractivity contribution in [1.29, 1.82) is 0 Å². The minimum atomic E-state index is -0.345. The van der Waals surface area contributed by atoms with Gasteiger partial charge in [-0.25, -0.2) is 4.98 Å². The van der Waals surface area contributed by atoms with Crippen molar-refractivity contribution >= 4 is 5.91 Å². The van der Waals surface area contributed by atoms with Crippen molar-refractivity contribution in [3.05, 3.63) is 21.7 Å². The summed E-state index contributed by atoms with van der Waals surface area (Å²) in [7, 11) is 1.77. The van der Waals surface area contributed by atoms with Crippen LogP contribution in [0.3, 0.4) is 0 Å². The van der Waals surface area contributed by atoms with Gasteiger partial charge in [0.1, 0.15) is 5.82 Å². The first-order valence-corrected chi connectivity index (χ1v) is 8.15. The molecule has 2 aliphatic heterocycles. The van der Waals surface area contributed by atoms with Gasteiger partial charge in [0.05, 0.1) is 23.7 Å². The van der Waals surface area contributed by atoms with Crippen molar-refractivity contribution < 1.29 is 14.6 Å². The summed E-state index contributed by atoms with van der Waals surface area (Å²) in [5.74, 6) is 1.54. The summed E-state index contributed by atoms with van der Waals surface area (Å²) in [6, 6.07) is 0. The van der Waals surface area contributed by atoms with Crippen LogP contribution in [0, 0.1) is 24.7 Å². The number of carbonyl (C=O) groups is 1. The molecule has 2 bridgehead atoms. The fourth-order valence-corrected chi connectivity index (χ4v) is 4.05. The van der Waals surface area contributed by atoms with Gasteiger partial charge in [-0.1, -0.05) is 0 Å². The highest BCUT2D eigenvalue weighted by atomic mass is 16.5. The molecule has 2 N–H and O–H groups in total. The SMILES string of the molecule is Cc1c(O)nc(CCN(C)C(=O)[C@@H]2C[C@@H]3O[C@H]2[C@H]2C[C@H]23)[nH]c1=O. The molecule has 3 aliphatic rings. The van der Waals surface area contributed by atoms with Crippen molar-refractivity contribution in [2.24, 2.45) is 17.8 Å². The standard InChI is InChI=1S/C16H21N3O4/c1-7-14(20)17-12(18-15(7)21)3-4-19(2)16(22)10-6-11-8-5-9(8)13(10)23-11/h8-11,13H,3-6H2,1-2H3,(H2,17,18,20,21)/t8-,9+,10-,11+,13+/m1/s1. The maximum Gasteiger partial charge on any atom is 0.257 e. The average molecular weight is 319 g/mol. The second-order valence-electron chi connectivity index (χ2n) is 7.02.